The van der Waals surface area contributed by atoms with E-state index in [0.717, 1.165) is 84.9 Å². The fraction of sp³-hybridized carbons (Fsp3) is 0.415. The number of nitrogens with two attached hydrogens (primary N) is 3. The van der Waals surface area contributed by atoms with E-state index in [1.165, 1.54) is 67.3 Å². The highest BCUT2D eigenvalue weighted by molar-refractivity contribution is 7.89. The number of carbonyl (C=O) groups excluding carboxylic acids is 18. The number of halogens is 3. The number of anilines is 3. The molecule has 3 heterocycles. The Morgan fingerprint density at radius 1 is 0.307 bits per heavy atom. The van der Waals surface area contributed by atoms with E-state index >= 15 is 0 Å². The fourth-order valence-corrected chi connectivity index (χ4v) is 13.0. The van der Waals surface area contributed by atoms with Crippen molar-refractivity contribution in [1.29, 1.82) is 0 Å². The van der Waals surface area contributed by atoms with Crippen LogP contribution in [0.5, 0.6) is 0 Å². The zero-order valence-electron chi connectivity index (χ0n) is 75.2. The number of carbonyl (C=O) groups is 18. The van der Waals surface area contributed by atoms with Gasteiger partial charge in [0, 0.05) is 0 Å². The van der Waals surface area contributed by atoms with E-state index in [0.29, 0.717) is 17.3 Å². The lowest BCUT2D eigenvalue weighted by Crippen LogP contribution is -2.39. The van der Waals surface area contributed by atoms with Crippen LogP contribution in [0.2, 0.25) is 15.1 Å². The molecule has 12 atom stereocenters. The topological polar surface area (TPSA) is 711 Å². The Morgan fingerprint density at radius 3 is 0.686 bits per heavy atom. The second-order valence-electron chi connectivity index (χ2n) is 28.2. The largest absolute Gasteiger partial charge is 0.467 e. The van der Waals surface area contributed by atoms with Crippen molar-refractivity contribution in [2.75, 3.05) is 42.4 Å². The molecule has 6 aromatic rings. The third-order valence-electron chi connectivity index (χ3n) is 17.2. The number of benzene rings is 3. The summed E-state index contributed by atoms with van der Waals surface area (Å²) in [5.41, 5.74) is -0.932. The molecule has 0 fully saturated rings. The van der Waals surface area contributed by atoms with Gasteiger partial charge in [-0.3, -0.25) is 9.59 Å². The van der Waals surface area contributed by atoms with Crippen molar-refractivity contribution in [2.45, 2.75) is 211 Å². The van der Waals surface area contributed by atoms with Crippen LogP contribution in [0.4, 0.5) is 17.1 Å². The number of sulfonamides is 3. The van der Waals surface area contributed by atoms with Crippen molar-refractivity contribution < 1.29 is 201 Å². The van der Waals surface area contributed by atoms with Crippen molar-refractivity contribution in [1.82, 2.24) is 0 Å². The number of esters is 16. The Morgan fingerprint density at radius 2 is 0.504 bits per heavy atom. The Bertz CT molecular complexity index is 5760. The van der Waals surface area contributed by atoms with Gasteiger partial charge in [0.25, 0.3) is 0 Å². The van der Waals surface area contributed by atoms with Gasteiger partial charge in [0.2, 0.25) is 30.1 Å². The minimum absolute atomic E-state index is 0.00650. The van der Waals surface area contributed by atoms with Gasteiger partial charge in [0.05, 0.1) is 93.9 Å². The summed E-state index contributed by atoms with van der Waals surface area (Å²) >= 11 is 18.1. The molecule has 0 bridgehead atoms. The average molecular weight is 2060 g/mol. The number of Topliss-reactive ketones (excluding diaryl/α,β-unsaturated/α-hetero) is 2. The van der Waals surface area contributed by atoms with Crippen molar-refractivity contribution in [3.63, 3.8) is 0 Å². The summed E-state index contributed by atoms with van der Waals surface area (Å²) in [5, 5.41) is 23.2. The molecule has 0 radical (unpaired) electrons. The molecule has 6 rings (SSSR count). The van der Waals surface area contributed by atoms with Crippen LogP contribution in [0.3, 0.4) is 0 Å². The standard InChI is InChI=1S/C34H41ClN2O19S.C27H31ClN2O14S.C21H23ClN2O10S/c1-8-48-28(39)16(2)52-30(41)18(4)54-32(43)20(6)56-33(44)21(7)55-31(42)19(5)53-29(40)17(3)51-27(38)15-50-34(45)23-12-26(57(36,46)47)24(35)13-25(23)37-14-22-10-9-11-49-22;1-13(31)14(2)42-25(34)16(4)44-26(35)17(5)43-24(33)15(3)41-23(32)12-40-27(36)19-9-22(45(29,37)38)20(28)10-21(19)30-11-18-7-6-8-39-18;1-11(25)12(2)34-20(27)13(3)33-19(26)10-32-21(28)15-7-18(35(23,29)30)16(22)8-17(15)24-9-14-5-4-6-31-14/h9-13,16-21,37H,8,14-15H2,1-7H3,(H2,36,46,47);6-10,14-17,30H,11-12H2,1-5H3,(H2,29,37,38);4-8,12-13,24H,9-10H2,1-3H3,(H2,23,29,30)/t16-,17-,18-,19-,20-,21-;14-,15-,16-,17-;12-,13-/m000/s1. The number of nitrogens with one attached hydrogen (secondary N) is 3. The van der Waals surface area contributed by atoms with Gasteiger partial charge in [-0.1, -0.05) is 34.8 Å². The summed E-state index contributed by atoms with van der Waals surface area (Å²) in [5.74, 6) is -17.6. The van der Waals surface area contributed by atoms with Crippen molar-refractivity contribution in [2.24, 2.45) is 15.4 Å². The molecule has 9 N–H and O–H groups in total. The van der Waals surface area contributed by atoms with Gasteiger partial charge in [-0.25, -0.2) is 117 Å². The molecule has 0 aliphatic rings. The smallest absolute Gasteiger partial charge is 0.347 e. The van der Waals surface area contributed by atoms with Crippen molar-refractivity contribution >= 4 is 189 Å². The summed E-state index contributed by atoms with van der Waals surface area (Å²) in [4.78, 5) is 218. The molecule has 0 aliphatic carbocycles. The SMILES string of the molecule is CC(=O)[C@H](C)OC(=O)[C@H](C)OC(=O)COC(=O)c1cc(S(N)(=O)=O)c(Cl)cc1NCc1ccco1.CC(=O)[C@H](C)OC(=O)[C@H](C)OC(=O)[C@H](C)OC(=O)[C@H](C)OC(=O)COC(=O)c1cc(S(N)(=O)=O)c(Cl)cc1NCc1ccco1.CCOC(=O)[C@H](C)OC(=O)[C@H](C)OC(=O)[C@H](C)OC(=O)[C@H](C)OC(=O)[C@H](C)OC(=O)[C@H](C)OC(=O)COC(=O)c1cc(S(N)(=O)=O)c(Cl)cc1NCc1ccco1. The van der Waals surface area contributed by atoms with Crippen LogP contribution >= 0.6 is 34.8 Å². The quantitative estimate of drug-likeness (QED) is 0.0217. The first-order valence-corrected chi connectivity index (χ1v) is 45.5. The van der Waals surface area contributed by atoms with E-state index in [-0.39, 0.29) is 75.1 Å². The van der Waals surface area contributed by atoms with Crippen LogP contribution in [0, 0.1) is 0 Å². The maximum absolute atomic E-state index is 12.9. The fourth-order valence-electron chi connectivity index (χ4n) is 9.68. The Hall–Kier alpha value is -13.6. The Labute approximate surface area is 795 Å². The minimum atomic E-state index is -4.39. The maximum Gasteiger partial charge on any atom is 0.347 e. The number of hydrogen-bond donors (Lipinski definition) is 6. The predicted octanol–water partition coefficient (Wildman–Crippen LogP) is 4.97. The molecule has 49 nitrogen and oxygen atoms in total. The predicted molar refractivity (Wildman–Crippen MR) is 462 cm³/mol. The number of furan rings is 3. The Balaban J connectivity index is 0.000000442. The zero-order chi connectivity index (χ0) is 104. The number of primary sulfonamides is 3. The van der Waals surface area contributed by atoms with Gasteiger partial charge in [-0.2, -0.15) is 0 Å². The molecule has 3 aromatic heterocycles. The van der Waals surface area contributed by atoms with Crippen LogP contribution in [-0.2, 0) is 197 Å². The van der Waals surface area contributed by atoms with Gasteiger partial charge in [-0.05, 0) is 177 Å². The number of hydrogen-bond acceptors (Lipinski definition) is 46. The van der Waals surface area contributed by atoms with Crippen molar-refractivity contribution in [3.8, 4) is 0 Å². The first-order chi connectivity index (χ1) is 63.7. The van der Waals surface area contributed by atoms with Gasteiger partial charge >= 0.3 is 95.5 Å². The molecule has 0 spiro atoms. The number of ketones is 2. The van der Waals surface area contributed by atoms with Crippen LogP contribution in [0.1, 0.15) is 152 Å². The first-order valence-electron chi connectivity index (χ1n) is 39.7. The Kier molecular flexibility index (Phi) is 45.3. The molecule has 750 valence electrons. The third kappa shape index (κ3) is 38.6. The van der Waals surface area contributed by atoms with Crippen LogP contribution < -0.4 is 31.4 Å². The lowest BCUT2D eigenvalue weighted by molar-refractivity contribution is -0.188. The number of rotatable bonds is 46. The summed E-state index contributed by atoms with van der Waals surface area (Å²) in [6.07, 6.45) is -13.1. The highest BCUT2D eigenvalue weighted by Crippen LogP contribution is 2.33. The minimum Gasteiger partial charge on any atom is -0.467 e. The summed E-state index contributed by atoms with van der Waals surface area (Å²) < 4.78 is 165. The molecular weight excluding hydrogens is 1960 g/mol. The molecule has 0 aliphatic heterocycles. The zero-order valence-corrected chi connectivity index (χ0v) is 79.9. The van der Waals surface area contributed by atoms with Crippen molar-refractivity contribution in [3.05, 3.63) is 141 Å². The van der Waals surface area contributed by atoms with Crippen LogP contribution in [0.15, 0.2) is 120 Å². The lowest BCUT2D eigenvalue weighted by atomic mass is 10.1. The summed E-state index contributed by atoms with van der Waals surface area (Å²) in [6.45, 7) is 15.3. The molecular formula is C82H95Cl3N6O43S3. The van der Waals surface area contributed by atoms with E-state index in [4.69, 9.17) is 139 Å². The first kappa shape index (κ1) is 116. The molecule has 3 aromatic carbocycles. The van der Waals surface area contributed by atoms with E-state index in [2.05, 4.69) is 16.0 Å². The molecule has 0 amide bonds. The van der Waals surface area contributed by atoms with E-state index in [9.17, 15) is 112 Å². The summed E-state index contributed by atoms with van der Waals surface area (Å²) in [7, 11) is -13.0. The van der Waals surface area contributed by atoms with Crippen LogP contribution in [-0.4, -0.2) is 232 Å². The number of ether oxygens (including phenoxy) is 16. The summed E-state index contributed by atoms with van der Waals surface area (Å²) in [6, 6.07) is 15.8. The average Bonchev–Trinajstić information content (AvgIpc) is 1.11. The molecule has 0 unspecified atom stereocenters. The molecule has 137 heavy (non-hydrogen) atoms. The van der Waals surface area contributed by atoms with Crippen LogP contribution in [0.25, 0.3) is 0 Å². The highest BCUT2D eigenvalue weighted by atomic mass is 35.5. The lowest BCUT2D eigenvalue weighted by Gasteiger charge is -2.20. The van der Waals surface area contributed by atoms with E-state index < -0.39 is 245 Å². The van der Waals surface area contributed by atoms with Gasteiger partial charge in [-0.15, -0.1) is 0 Å². The molecule has 0 saturated carbocycles. The second kappa shape index (κ2) is 53.6. The molecule has 55 heteroatoms. The second-order valence-corrected chi connectivity index (χ2v) is 34.0. The van der Waals surface area contributed by atoms with Gasteiger partial charge < -0.3 is 105 Å². The molecule has 0 saturated heterocycles. The van der Waals surface area contributed by atoms with Gasteiger partial charge in [0.15, 0.2) is 105 Å². The normalized spacial score (nSPS) is 13.7. The van der Waals surface area contributed by atoms with E-state index in [1.807, 2.05) is 0 Å². The maximum atomic E-state index is 12.9. The monoisotopic (exact) mass is 2050 g/mol. The third-order valence-corrected chi connectivity index (χ3v) is 21.3. The van der Waals surface area contributed by atoms with E-state index in [1.54, 1.807) is 43.3 Å². The van der Waals surface area contributed by atoms with Gasteiger partial charge in [0.1, 0.15) is 32.0 Å². The highest BCUT2D eigenvalue weighted by Gasteiger charge is 2.37.